The van der Waals surface area contributed by atoms with Crippen molar-refractivity contribution in [3.8, 4) is 0 Å². The van der Waals surface area contributed by atoms with Crippen molar-refractivity contribution in [2.45, 2.75) is 30.5 Å². The molecule has 2 unspecified atom stereocenters. The largest absolute Gasteiger partial charge is 0.379 e. The summed E-state index contributed by atoms with van der Waals surface area (Å²) in [5.41, 5.74) is 0. The second kappa shape index (κ2) is 2.99. The molecule has 0 saturated carbocycles. The molecule has 0 heterocycles. The van der Waals surface area contributed by atoms with Crippen LogP contribution in [0.2, 0.25) is 0 Å². The van der Waals surface area contributed by atoms with Crippen LogP contribution in [0.5, 0.6) is 0 Å². The Balaban J connectivity index is 3.71. The minimum absolute atomic E-state index is 0.0733. The first-order valence-corrected chi connectivity index (χ1v) is 3.60. The summed E-state index contributed by atoms with van der Waals surface area (Å²) < 4.78 is 0. The lowest BCUT2D eigenvalue weighted by Crippen LogP contribution is -2.29. The highest BCUT2D eigenvalue weighted by atomic mass is 32.1. The van der Waals surface area contributed by atoms with Gasteiger partial charge in [-0.3, -0.25) is 0 Å². The topological polar surface area (TPSA) is 20.2 Å². The van der Waals surface area contributed by atoms with Crippen molar-refractivity contribution in [1.29, 1.82) is 0 Å². The van der Waals surface area contributed by atoms with Crippen molar-refractivity contribution in [2.75, 3.05) is 0 Å². The summed E-state index contributed by atoms with van der Waals surface area (Å²) in [4.78, 5) is -0.900. The minimum atomic E-state index is -0.900. The summed E-state index contributed by atoms with van der Waals surface area (Å²) in [6.07, 6.45) is 0.626. The van der Waals surface area contributed by atoms with Crippen LogP contribution in [0.3, 0.4) is 0 Å². The Hall–Kier alpha value is 0.660. The fourth-order valence-electron chi connectivity index (χ4n) is 0.295. The quantitative estimate of drug-likeness (QED) is 0.403. The van der Waals surface area contributed by atoms with Gasteiger partial charge >= 0.3 is 0 Å². The zero-order valence-electron chi connectivity index (χ0n) is 5.13. The molecule has 0 aliphatic rings. The van der Waals surface area contributed by atoms with E-state index in [1.165, 1.54) is 0 Å². The molecule has 0 radical (unpaired) electrons. The summed E-state index contributed by atoms with van der Waals surface area (Å²) in [5.74, 6) is 0. The molecule has 0 amide bonds. The average molecular weight is 152 g/mol. The van der Waals surface area contributed by atoms with E-state index >= 15 is 0 Å². The van der Waals surface area contributed by atoms with Crippen molar-refractivity contribution in [3.05, 3.63) is 0 Å². The second-order valence-corrected chi connectivity index (χ2v) is 3.46. The normalized spacial score (nSPS) is 22.1. The molecule has 0 fully saturated rings. The van der Waals surface area contributed by atoms with E-state index in [1.807, 2.05) is 13.8 Å². The van der Waals surface area contributed by atoms with E-state index in [0.717, 1.165) is 0 Å². The van der Waals surface area contributed by atoms with Crippen LogP contribution in [0, 0.1) is 0 Å². The van der Waals surface area contributed by atoms with E-state index in [2.05, 4.69) is 25.3 Å². The zero-order valence-corrected chi connectivity index (χ0v) is 6.91. The molecular weight excluding hydrogens is 140 g/mol. The van der Waals surface area contributed by atoms with E-state index < -0.39 is 4.93 Å². The van der Waals surface area contributed by atoms with Crippen LogP contribution >= 0.6 is 25.3 Å². The van der Waals surface area contributed by atoms with Crippen molar-refractivity contribution >= 4 is 25.3 Å². The van der Waals surface area contributed by atoms with Crippen LogP contribution in [0.25, 0.3) is 0 Å². The van der Waals surface area contributed by atoms with Crippen molar-refractivity contribution in [3.63, 3.8) is 0 Å². The molecule has 2 atom stereocenters. The van der Waals surface area contributed by atoms with Gasteiger partial charge in [0.25, 0.3) is 0 Å². The predicted octanol–water partition coefficient (Wildman–Crippen LogP) is 1.33. The third-order valence-electron chi connectivity index (χ3n) is 1.19. The SMILES string of the molecule is CCC(O)(S)C(C)S. The van der Waals surface area contributed by atoms with Gasteiger partial charge in [0.05, 0.1) is 0 Å². The molecule has 0 rings (SSSR count). The van der Waals surface area contributed by atoms with Gasteiger partial charge in [-0.15, -0.1) is 12.6 Å². The number of thiol groups is 2. The molecule has 0 spiro atoms. The lowest BCUT2D eigenvalue weighted by molar-refractivity contribution is 0.137. The van der Waals surface area contributed by atoms with Crippen LogP contribution in [0.15, 0.2) is 0 Å². The Bertz CT molecular complexity index is 70.8. The van der Waals surface area contributed by atoms with Crippen molar-refractivity contribution in [1.82, 2.24) is 0 Å². The molecule has 0 aliphatic carbocycles. The fraction of sp³-hybridized carbons (Fsp3) is 1.00. The molecule has 50 valence electrons. The molecule has 0 aromatic carbocycles. The Labute approximate surface area is 61.3 Å². The summed E-state index contributed by atoms with van der Waals surface area (Å²) in [6, 6.07) is 0. The molecule has 1 N–H and O–H groups in total. The summed E-state index contributed by atoms with van der Waals surface area (Å²) in [5, 5.41) is 9.11. The molecule has 0 bridgehead atoms. The van der Waals surface area contributed by atoms with Gasteiger partial charge in [0.2, 0.25) is 0 Å². The fourth-order valence-corrected chi connectivity index (χ4v) is 0.478. The monoisotopic (exact) mass is 152 g/mol. The van der Waals surface area contributed by atoms with Crippen LogP contribution in [-0.2, 0) is 0 Å². The Morgan fingerprint density at radius 3 is 2.12 bits per heavy atom. The van der Waals surface area contributed by atoms with E-state index in [0.29, 0.717) is 6.42 Å². The summed E-state index contributed by atoms with van der Waals surface area (Å²) in [7, 11) is 0. The van der Waals surface area contributed by atoms with Crippen LogP contribution in [-0.4, -0.2) is 15.3 Å². The van der Waals surface area contributed by atoms with Crippen LogP contribution in [0.4, 0.5) is 0 Å². The first kappa shape index (κ1) is 8.66. The van der Waals surface area contributed by atoms with Gasteiger partial charge in [-0.25, -0.2) is 0 Å². The van der Waals surface area contributed by atoms with Gasteiger partial charge in [0.15, 0.2) is 0 Å². The van der Waals surface area contributed by atoms with E-state index in [-0.39, 0.29) is 5.25 Å². The molecule has 1 nitrogen and oxygen atoms in total. The number of hydrogen-bond acceptors (Lipinski definition) is 3. The third-order valence-corrected chi connectivity index (χ3v) is 2.52. The van der Waals surface area contributed by atoms with Crippen molar-refractivity contribution in [2.24, 2.45) is 0 Å². The molecular formula is C5H12OS2. The van der Waals surface area contributed by atoms with Crippen LogP contribution in [0.1, 0.15) is 20.3 Å². The number of rotatable bonds is 2. The van der Waals surface area contributed by atoms with Gasteiger partial charge in [-0.05, 0) is 13.3 Å². The highest BCUT2D eigenvalue weighted by molar-refractivity contribution is 7.85. The predicted molar refractivity (Wildman–Crippen MR) is 42.7 cm³/mol. The molecule has 0 aliphatic heterocycles. The van der Waals surface area contributed by atoms with Crippen molar-refractivity contribution < 1.29 is 5.11 Å². The Morgan fingerprint density at radius 2 is 2.12 bits per heavy atom. The maximum atomic E-state index is 9.19. The van der Waals surface area contributed by atoms with E-state index in [4.69, 9.17) is 0 Å². The van der Waals surface area contributed by atoms with Gasteiger partial charge in [-0.1, -0.05) is 6.92 Å². The summed E-state index contributed by atoms with van der Waals surface area (Å²) in [6.45, 7) is 3.69. The van der Waals surface area contributed by atoms with Gasteiger partial charge in [-0.2, -0.15) is 12.6 Å². The third kappa shape index (κ3) is 2.29. The van der Waals surface area contributed by atoms with E-state index in [1.54, 1.807) is 0 Å². The lowest BCUT2D eigenvalue weighted by Gasteiger charge is -2.23. The lowest BCUT2D eigenvalue weighted by atomic mass is 10.2. The first-order chi connectivity index (χ1) is 3.50. The number of aliphatic hydroxyl groups is 1. The number of hydrogen-bond donors (Lipinski definition) is 3. The second-order valence-electron chi connectivity index (χ2n) is 1.91. The Morgan fingerprint density at radius 1 is 1.75 bits per heavy atom. The highest BCUT2D eigenvalue weighted by Crippen LogP contribution is 2.22. The smallest absolute Gasteiger partial charge is 0.118 e. The summed E-state index contributed by atoms with van der Waals surface area (Å²) >= 11 is 7.99. The molecule has 3 heteroatoms. The highest BCUT2D eigenvalue weighted by Gasteiger charge is 2.23. The molecule has 0 aromatic heterocycles. The van der Waals surface area contributed by atoms with Gasteiger partial charge in [0, 0.05) is 5.25 Å². The molecule has 0 aromatic rings. The Kier molecular flexibility index (Phi) is 3.24. The van der Waals surface area contributed by atoms with Gasteiger partial charge < -0.3 is 5.11 Å². The maximum Gasteiger partial charge on any atom is 0.118 e. The molecule has 0 saturated heterocycles. The standard InChI is InChI=1S/C5H12OS2/c1-3-5(6,8)4(2)7/h4,6-8H,3H2,1-2H3. The minimum Gasteiger partial charge on any atom is -0.379 e. The van der Waals surface area contributed by atoms with E-state index in [9.17, 15) is 5.11 Å². The average Bonchev–Trinajstić information content (AvgIpc) is 1.67. The maximum absolute atomic E-state index is 9.19. The zero-order chi connectivity index (χ0) is 6.78. The first-order valence-electron chi connectivity index (χ1n) is 2.63. The molecule has 8 heavy (non-hydrogen) atoms. The van der Waals surface area contributed by atoms with Crippen LogP contribution < -0.4 is 0 Å². The van der Waals surface area contributed by atoms with Gasteiger partial charge in [0.1, 0.15) is 4.93 Å².